The fraction of sp³-hybridized carbons (Fsp3) is 0.483. The molecule has 9 heteroatoms. The lowest BCUT2D eigenvalue weighted by molar-refractivity contribution is -0.142. The summed E-state index contributed by atoms with van der Waals surface area (Å²) >= 11 is 1.56. The van der Waals surface area contributed by atoms with Gasteiger partial charge in [-0.3, -0.25) is 9.59 Å². The molecular formula is C29H41N3O5S. The number of aryl methyl sites for hydroxylation is 1. The van der Waals surface area contributed by atoms with Crippen LogP contribution in [0.25, 0.3) is 0 Å². The minimum Gasteiger partial charge on any atom is -0.508 e. The summed E-state index contributed by atoms with van der Waals surface area (Å²) in [5, 5.41) is 15.8. The summed E-state index contributed by atoms with van der Waals surface area (Å²) in [5.74, 6) is 0.0315. The van der Waals surface area contributed by atoms with Crippen molar-refractivity contribution in [3.63, 3.8) is 0 Å². The van der Waals surface area contributed by atoms with E-state index in [4.69, 9.17) is 4.74 Å². The van der Waals surface area contributed by atoms with E-state index in [1.165, 1.54) is 11.0 Å². The summed E-state index contributed by atoms with van der Waals surface area (Å²) in [6.07, 6.45) is 2.23. The van der Waals surface area contributed by atoms with Crippen molar-refractivity contribution in [3.8, 4) is 5.75 Å². The Kier molecular flexibility index (Phi) is 12.0. The number of benzene rings is 2. The van der Waals surface area contributed by atoms with Gasteiger partial charge in [0, 0.05) is 13.1 Å². The van der Waals surface area contributed by atoms with Crippen LogP contribution in [0.3, 0.4) is 0 Å². The second kappa shape index (κ2) is 14.7. The Bertz CT molecular complexity index is 1070. The number of carbonyl (C=O) groups is 3. The van der Waals surface area contributed by atoms with E-state index in [2.05, 4.69) is 10.6 Å². The molecule has 0 bridgehead atoms. The summed E-state index contributed by atoms with van der Waals surface area (Å²) in [6, 6.07) is 12.6. The number of phenols is 1. The Morgan fingerprint density at radius 2 is 1.79 bits per heavy atom. The minimum atomic E-state index is -0.956. The molecule has 38 heavy (non-hydrogen) atoms. The topological polar surface area (TPSA) is 108 Å². The molecule has 2 unspecified atom stereocenters. The molecular weight excluding hydrogens is 502 g/mol. The van der Waals surface area contributed by atoms with Gasteiger partial charge in [0.25, 0.3) is 0 Å². The maximum absolute atomic E-state index is 14.0. The standard InChI is InChI=1S/C29H41N3O5S/c1-7-16-32(27(35)23(15-17-38-6)31-28(36)37-29(3,4)5)25(22-13-14-24(33)20(2)18-22)26(34)30-19-21-11-9-8-10-12-21/h8-14,18,23,25,33H,7,15-17,19H2,1-6H3,(H,30,34)(H,31,36). The zero-order valence-electron chi connectivity index (χ0n) is 23.2. The first-order valence-electron chi connectivity index (χ1n) is 12.9. The largest absolute Gasteiger partial charge is 0.508 e. The smallest absolute Gasteiger partial charge is 0.408 e. The SMILES string of the molecule is CCCN(C(=O)C(CCSC)NC(=O)OC(C)(C)C)C(C(=O)NCc1ccccc1)c1ccc(O)c(C)c1. The maximum atomic E-state index is 14.0. The van der Waals surface area contributed by atoms with Crippen LogP contribution in [-0.4, -0.2) is 58.1 Å². The monoisotopic (exact) mass is 543 g/mol. The number of thioether (sulfide) groups is 1. The third-order valence-corrected chi connectivity index (χ3v) is 6.40. The first-order valence-corrected chi connectivity index (χ1v) is 14.3. The first kappa shape index (κ1) is 31.0. The third kappa shape index (κ3) is 9.59. The van der Waals surface area contributed by atoms with Gasteiger partial charge in [0.1, 0.15) is 23.4 Å². The number of amides is 3. The molecule has 0 aromatic heterocycles. The van der Waals surface area contributed by atoms with Gasteiger partial charge in [-0.25, -0.2) is 4.79 Å². The molecule has 2 atom stereocenters. The van der Waals surface area contributed by atoms with Crippen LogP contribution in [0.5, 0.6) is 5.75 Å². The van der Waals surface area contributed by atoms with E-state index < -0.39 is 23.8 Å². The minimum absolute atomic E-state index is 0.106. The second-order valence-electron chi connectivity index (χ2n) is 10.2. The molecule has 0 aliphatic carbocycles. The zero-order valence-corrected chi connectivity index (χ0v) is 24.1. The molecule has 3 amide bonds. The van der Waals surface area contributed by atoms with Crippen LogP contribution in [0.15, 0.2) is 48.5 Å². The molecule has 0 saturated heterocycles. The predicted molar refractivity (Wildman–Crippen MR) is 152 cm³/mol. The molecule has 2 aromatic rings. The molecule has 2 aromatic carbocycles. The average Bonchev–Trinajstić information content (AvgIpc) is 2.86. The quantitative estimate of drug-likeness (QED) is 0.350. The van der Waals surface area contributed by atoms with Crippen molar-refractivity contribution in [3.05, 3.63) is 65.2 Å². The van der Waals surface area contributed by atoms with Gasteiger partial charge in [-0.1, -0.05) is 43.3 Å². The van der Waals surface area contributed by atoms with Crippen molar-refractivity contribution in [2.24, 2.45) is 0 Å². The van der Waals surface area contributed by atoms with Crippen LogP contribution in [0.2, 0.25) is 0 Å². The molecule has 0 saturated carbocycles. The molecule has 3 N–H and O–H groups in total. The fourth-order valence-electron chi connectivity index (χ4n) is 3.95. The Morgan fingerprint density at radius 3 is 2.37 bits per heavy atom. The molecule has 208 valence electrons. The summed E-state index contributed by atoms with van der Waals surface area (Å²) in [6.45, 7) is 9.55. The first-order chi connectivity index (χ1) is 18.0. The number of alkyl carbamates (subject to hydrolysis) is 1. The van der Waals surface area contributed by atoms with Crippen molar-refractivity contribution in [1.29, 1.82) is 0 Å². The molecule has 0 spiro atoms. The average molecular weight is 544 g/mol. The van der Waals surface area contributed by atoms with E-state index in [0.717, 1.165) is 5.56 Å². The molecule has 0 radical (unpaired) electrons. The normalized spacial score (nSPS) is 12.8. The third-order valence-electron chi connectivity index (χ3n) is 5.75. The highest BCUT2D eigenvalue weighted by Gasteiger charge is 2.36. The van der Waals surface area contributed by atoms with Crippen LogP contribution in [0.1, 0.15) is 63.3 Å². The van der Waals surface area contributed by atoms with E-state index in [9.17, 15) is 19.5 Å². The van der Waals surface area contributed by atoms with Gasteiger partial charge in [0.05, 0.1) is 0 Å². The fourth-order valence-corrected chi connectivity index (χ4v) is 4.43. The summed E-state index contributed by atoms with van der Waals surface area (Å²) in [5.41, 5.74) is 1.38. The second-order valence-corrected chi connectivity index (χ2v) is 11.1. The lowest BCUT2D eigenvalue weighted by Crippen LogP contribution is -2.53. The summed E-state index contributed by atoms with van der Waals surface area (Å²) < 4.78 is 5.41. The summed E-state index contributed by atoms with van der Waals surface area (Å²) in [7, 11) is 0. The maximum Gasteiger partial charge on any atom is 0.408 e. The molecule has 0 aliphatic rings. The molecule has 8 nitrogen and oxygen atoms in total. The lowest BCUT2D eigenvalue weighted by Gasteiger charge is -2.34. The van der Waals surface area contributed by atoms with Crippen LogP contribution in [0.4, 0.5) is 4.79 Å². The predicted octanol–water partition coefficient (Wildman–Crippen LogP) is 4.94. The Labute approximate surface area is 230 Å². The molecule has 0 aliphatic heterocycles. The number of nitrogens with one attached hydrogen (secondary N) is 2. The van der Waals surface area contributed by atoms with Gasteiger partial charge < -0.3 is 25.4 Å². The Balaban J connectivity index is 2.44. The van der Waals surface area contributed by atoms with Crippen LogP contribution >= 0.6 is 11.8 Å². The van der Waals surface area contributed by atoms with Gasteiger partial charge in [0.15, 0.2) is 0 Å². The van der Waals surface area contributed by atoms with E-state index >= 15 is 0 Å². The lowest BCUT2D eigenvalue weighted by atomic mass is 9.99. The summed E-state index contributed by atoms with van der Waals surface area (Å²) in [4.78, 5) is 41.8. The van der Waals surface area contributed by atoms with E-state index in [-0.39, 0.29) is 17.6 Å². The number of aromatic hydroxyl groups is 1. The van der Waals surface area contributed by atoms with Gasteiger partial charge in [-0.15, -0.1) is 0 Å². The highest BCUT2D eigenvalue weighted by atomic mass is 32.2. The molecule has 0 fully saturated rings. The van der Waals surface area contributed by atoms with Gasteiger partial charge in [-0.05, 0) is 81.4 Å². The van der Waals surface area contributed by atoms with Crippen molar-refractivity contribution in [1.82, 2.24) is 15.5 Å². The van der Waals surface area contributed by atoms with Gasteiger partial charge in [0.2, 0.25) is 11.8 Å². The highest BCUT2D eigenvalue weighted by molar-refractivity contribution is 7.98. The molecule has 2 rings (SSSR count). The van der Waals surface area contributed by atoms with E-state index in [0.29, 0.717) is 42.8 Å². The van der Waals surface area contributed by atoms with Crippen LogP contribution in [0, 0.1) is 6.92 Å². The van der Waals surface area contributed by atoms with Crippen molar-refractivity contribution < 1.29 is 24.2 Å². The van der Waals surface area contributed by atoms with E-state index in [1.54, 1.807) is 51.6 Å². The Hall–Kier alpha value is -3.20. The van der Waals surface area contributed by atoms with Crippen molar-refractivity contribution >= 4 is 29.7 Å². The van der Waals surface area contributed by atoms with Gasteiger partial charge in [-0.2, -0.15) is 11.8 Å². The highest BCUT2D eigenvalue weighted by Crippen LogP contribution is 2.28. The molecule has 0 heterocycles. The van der Waals surface area contributed by atoms with Crippen LogP contribution in [-0.2, 0) is 20.9 Å². The number of hydrogen-bond acceptors (Lipinski definition) is 6. The number of nitrogens with zero attached hydrogens (tertiary/aromatic N) is 1. The number of hydrogen-bond donors (Lipinski definition) is 3. The number of rotatable bonds is 12. The van der Waals surface area contributed by atoms with Crippen molar-refractivity contribution in [2.75, 3.05) is 18.6 Å². The number of ether oxygens (including phenoxy) is 1. The van der Waals surface area contributed by atoms with E-state index in [1.807, 2.05) is 43.5 Å². The zero-order chi connectivity index (χ0) is 28.3. The number of phenolic OH excluding ortho intramolecular Hbond substituents is 1. The van der Waals surface area contributed by atoms with Gasteiger partial charge >= 0.3 is 6.09 Å². The Morgan fingerprint density at radius 1 is 1.11 bits per heavy atom. The number of carbonyl (C=O) groups excluding carboxylic acids is 3. The van der Waals surface area contributed by atoms with Crippen molar-refractivity contribution in [2.45, 2.75) is 71.7 Å². The van der Waals surface area contributed by atoms with Crippen LogP contribution < -0.4 is 10.6 Å².